The third-order valence-electron chi connectivity index (χ3n) is 32.7. The van der Waals surface area contributed by atoms with Gasteiger partial charge in [-0.15, -0.1) is 0 Å². The summed E-state index contributed by atoms with van der Waals surface area (Å²) in [6.07, 6.45) is 19.4. The Hall–Kier alpha value is -12.6. The molecule has 0 spiro atoms. The molecular formula is C137H178N11+5. The summed E-state index contributed by atoms with van der Waals surface area (Å²) in [7, 11) is 6.45. The molecule has 1 aliphatic heterocycles. The zero-order valence-corrected chi connectivity index (χ0v) is 99.0. The average Bonchev–Trinajstić information content (AvgIpc) is 1.49. The maximum atomic E-state index is 5.22. The molecule has 0 N–H and O–H groups in total. The fourth-order valence-corrected chi connectivity index (χ4v) is 23.3. The summed E-state index contributed by atoms with van der Waals surface area (Å²) in [6, 6.07) is 69.6. The van der Waals surface area contributed by atoms with E-state index in [0.717, 1.165) is 5.52 Å². The second-order valence-electron chi connectivity index (χ2n) is 50.8. The van der Waals surface area contributed by atoms with Gasteiger partial charge in [0.25, 0.3) is 28.9 Å². The van der Waals surface area contributed by atoms with Crippen LogP contribution < -0.4 is 22.8 Å². The van der Waals surface area contributed by atoms with Crippen LogP contribution in [0.4, 0.5) is 0 Å². The van der Waals surface area contributed by atoms with E-state index in [-0.39, 0.29) is 37.9 Å². The van der Waals surface area contributed by atoms with Crippen molar-refractivity contribution in [1.29, 1.82) is 0 Å². The number of imidazole rings is 5. The molecular weight excluding hydrogens is 1800 g/mol. The monoisotopic (exact) mass is 1980 g/mol. The number of fused-ring (bicyclic) bond motifs is 3. The summed E-state index contributed by atoms with van der Waals surface area (Å²) in [4.78, 5) is 5.22. The van der Waals surface area contributed by atoms with Crippen LogP contribution in [0.25, 0.3) is 95.1 Å². The van der Waals surface area contributed by atoms with Gasteiger partial charge < -0.3 is 0 Å². The third-order valence-corrected chi connectivity index (χ3v) is 32.7. The van der Waals surface area contributed by atoms with Crippen molar-refractivity contribution >= 4 is 27.5 Å². The molecule has 11 nitrogen and oxygen atoms in total. The Bertz CT molecular complexity index is 7710. The number of pyridine rings is 2. The van der Waals surface area contributed by atoms with E-state index in [0.29, 0.717) is 35.5 Å². The highest BCUT2D eigenvalue weighted by Crippen LogP contribution is 2.55. The standard InChI is InChI=1S/C36H47N2.C33H38N3.C31H45N2.C21H25N2.C16H23N2/c1-23(2)28-19-31(24(3)4)35(32(20-28)25(5)6)29-21-33(36(9,10)11)26(7)34(22-29)38-18-17-37(27(38)8)30-15-13-12-14-16-30;1-19-16-17-22-28-24(19)26-25(20(2)23(18-34-26)31(3,4)5)30-35(10)27(21-14-12-11-13-15-21)29(36(28)30)33(8,9)32(22,6)7;1-19(2)24-15-26(20(3)4)30(27(16-24)21(5)6)25-17-28(31(9,10)11)22(7)29(18-25)33-14-13-32(12)23(33)8;1-16-19(21(3,4)5)12-9-13-20(16)23-15-14-22(17(23)2)18-10-7-6-8-11-18;1-12-14(16(3,4)5)8-7-9-15(12)18-11-10-17(6)13(18)2/h12-25H,1-11H3;11-18H,1-10H3;13-21H,1-12H3;6-15H,1-5H3;7-11H,1-6H3/q5*+1. The van der Waals surface area contributed by atoms with Gasteiger partial charge in [-0.05, 0) is 258 Å². The quantitative estimate of drug-likeness (QED) is 0.0745. The third kappa shape index (κ3) is 21.2. The molecule has 0 saturated heterocycles. The van der Waals surface area contributed by atoms with E-state index < -0.39 is 0 Å². The fourth-order valence-electron chi connectivity index (χ4n) is 23.3. The predicted octanol–water partition coefficient (Wildman–Crippen LogP) is 33.5. The second kappa shape index (κ2) is 42.1. The molecule has 148 heavy (non-hydrogen) atoms. The highest BCUT2D eigenvalue weighted by molar-refractivity contribution is 6.13. The molecule has 0 fully saturated rings. The molecule has 11 heteroatoms. The lowest BCUT2D eigenvalue weighted by Crippen LogP contribution is -2.44. The van der Waals surface area contributed by atoms with E-state index in [2.05, 4.69) is 588 Å². The number of benzene rings is 10. The molecule has 18 rings (SSSR count). The van der Waals surface area contributed by atoms with Crippen LogP contribution in [0.1, 0.15) is 379 Å². The Labute approximate surface area is 891 Å². The highest BCUT2D eigenvalue weighted by atomic mass is 15.2. The van der Waals surface area contributed by atoms with Crippen LogP contribution >= 0.6 is 0 Å². The summed E-state index contributed by atoms with van der Waals surface area (Å²) in [5, 5.41) is 2.57. The lowest BCUT2D eigenvalue weighted by molar-refractivity contribution is -0.677. The Balaban J connectivity index is 0.000000149. The van der Waals surface area contributed by atoms with Gasteiger partial charge in [0.1, 0.15) is 89.2 Å². The van der Waals surface area contributed by atoms with Crippen molar-refractivity contribution in [2.75, 3.05) is 0 Å². The molecule has 0 amide bonds. The minimum atomic E-state index is -0.103. The first-order valence-corrected chi connectivity index (χ1v) is 54.7. The Kier molecular flexibility index (Phi) is 31.6. The van der Waals surface area contributed by atoms with Crippen LogP contribution in [-0.4, -0.2) is 27.7 Å². The summed E-state index contributed by atoms with van der Waals surface area (Å²) in [5.74, 6) is 7.71. The normalized spacial score (nSPS) is 13.2. The van der Waals surface area contributed by atoms with E-state index in [4.69, 9.17) is 4.98 Å². The number of rotatable bonds is 15. The van der Waals surface area contributed by atoms with Gasteiger partial charge in [-0.25, -0.2) is 13.7 Å². The van der Waals surface area contributed by atoms with Crippen LogP contribution in [0.15, 0.2) is 244 Å². The van der Waals surface area contributed by atoms with E-state index in [9.17, 15) is 0 Å². The summed E-state index contributed by atoms with van der Waals surface area (Å²) in [5.41, 5.74) is 46.0. The van der Waals surface area contributed by atoms with E-state index >= 15 is 0 Å². The number of aryl methyl sites for hydroxylation is 5. The highest BCUT2D eigenvalue weighted by Gasteiger charge is 2.53. The summed E-state index contributed by atoms with van der Waals surface area (Å²) in [6.45, 7) is 94.4. The molecule has 0 aliphatic carbocycles. The van der Waals surface area contributed by atoms with E-state index in [1.54, 1.807) is 0 Å². The number of hydrogen-bond acceptors (Lipinski definition) is 1. The number of para-hydroxylation sites is 2. The van der Waals surface area contributed by atoms with Gasteiger partial charge >= 0.3 is 0 Å². The molecule has 7 aromatic heterocycles. The number of nitrogens with zero attached hydrogens (tertiary/aromatic N) is 11. The molecule has 0 atom stereocenters. The van der Waals surface area contributed by atoms with Crippen LogP contribution in [-0.2, 0) is 59.0 Å². The molecule has 10 aromatic carbocycles. The van der Waals surface area contributed by atoms with Crippen molar-refractivity contribution in [3.63, 3.8) is 0 Å². The molecule has 776 valence electrons. The van der Waals surface area contributed by atoms with E-state index in [1.165, 1.54) is 219 Å². The Morgan fingerprint density at radius 3 is 1.12 bits per heavy atom. The van der Waals surface area contributed by atoms with Crippen molar-refractivity contribution in [1.82, 2.24) is 27.7 Å². The average molecular weight is 1980 g/mol. The second-order valence-corrected chi connectivity index (χ2v) is 50.8. The molecule has 0 bridgehead atoms. The van der Waals surface area contributed by atoms with Gasteiger partial charge in [0, 0.05) is 67.0 Å². The zero-order valence-electron chi connectivity index (χ0n) is 99.0. The maximum Gasteiger partial charge on any atom is 0.297 e. The van der Waals surface area contributed by atoms with Gasteiger partial charge in [-0.2, -0.15) is 31.8 Å². The zero-order chi connectivity index (χ0) is 109. The predicted molar refractivity (Wildman–Crippen MR) is 628 cm³/mol. The number of hydrogen-bond donors (Lipinski definition) is 0. The van der Waals surface area contributed by atoms with Crippen molar-refractivity contribution < 1.29 is 22.8 Å². The Morgan fingerprint density at radius 2 is 0.703 bits per heavy atom. The van der Waals surface area contributed by atoms with Gasteiger partial charge in [0.15, 0.2) is 11.4 Å². The maximum absolute atomic E-state index is 5.22. The Morgan fingerprint density at radius 1 is 0.318 bits per heavy atom. The largest absolute Gasteiger partial charge is 0.297 e. The molecule has 17 aromatic rings. The van der Waals surface area contributed by atoms with Crippen LogP contribution in [0, 0.1) is 69.2 Å². The van der Waals surface area contributed by atoms with E-state index in [1.807, 2.05) is 6.07 Å². The van der Waals surface area contributed by atoms with Crippen LogP contribution in [0.5, 0.6) is 0 Å². The smallest absolute Gasteiger partial charge is 0.255 e. The minimum Gasteiger partial charge on any atom is -0.255 e. The molecule has 8 heterocycles. The molecule has 0 radical (unpaired) electrons. The topological polar surface area (TPSA) is 56.4 Å². The van der Waals surface area contributed by atoms with Crippen molar-refractivity contribution in [2.45, 2.75) is 357 Å². The SMILES string of the molecule is Cc1c(-[n+]2ccn(-c3ccccc3)c2C)cc(-c2c(C(C)C)cc(C(C)C)cc2C(C)C)cc1C(C)(C)C.Cc1c(-[n+]2ccn(-c3ccccc3)c2C)cccc1C(C)(C)C.Cc1c(-n2cc[n+](C)c2C)cc(-c2c(C(C)C)cc(C(C)C)cc2C(C)C)cc1C(C)(C)C.Cc1c(-n2cc[n+](C)c2C)cccc1C(C)(C)C.Cc1ccc2c3c1c1ncc(C(C)(C)C)c(C)c1c1n3c(c(-c3ccccc3)[n+]1C)C(C)(C)C2(C)C. The number of aromatic nitrogens is 11. The first-order valence-electron chi connectivity index (χ1n) is 54.7. The molecule has 1 aliphatic rings. The first kappa shape index (κ1) is 111. The van der Waals surface area contributed by atoms with Crippen LogP contribution in [0.2, 0.25) is 0 Å². The van der Waals surface area contributed by atoms with Crippen LogP contribution in [0.3, 0.4) is 0 Å². The van der Waals surface area contributed by atoms with Gasteiger partial charge in [-0.1, -0.05) is 354 Å². The molecule has 0 unspecified atom stereocenters. The molecule has 0 saturated carbocycles. The summed E-state index contributed by atoms with van der Waals surface area (Å²) < 4.78 is 23.1. The lowest BCUT2D eigenvalue weighted by Gasteiger charge is -2.43. The van der Waals surface area contributed by atoms with Gasteiger partial charge in [0.2, 0.25) is 0 Å². The minimum absolute atomic E-state index is 0.0166. The first-order chi connectivity index (χ1) is 69.1. The lowest BCUT2D eigenvalue weighted by atomic mass is 9.60. The van der Waals surface area contributed by atoms with Crippen molar-refractivity contribution in [3.05, 3.63) is 373 Å². The van der Waals surface area contributed by atoms with Gasteiger partial charge in [-0.3, -0.25) is 4.98 Å². The van der Waals surface area contributed by atoms with Crippen molar-refractivity contribution in [3.8, 4) is 67.6 Å². The van der Waals surface area contributed by atoms with Crippen molar-refractivity contribution in [2.24, 2.45) is 21.1 Å². The summed E-state index contributed by atoms with van der Waals surface area (Å²) >= 11 is 0. The fraction of sp³-hybridized carbons (Fsp3) is 0.416. The van der Waals surface area contributed by atoms with Gasteiger partial charge in [0.05, 0.1) is 37.4 Å².